The summed E-state index contributed by atoms with van der Waals surface area (Å²) in [5.74, 6) is -2.54. The molecule has 37 heavy (non-hydrogen) atoms. The molecule has 0 aliphatic heterocycles. The first kappa shape index (κ1) is 24.8. The molecule has 0 saturated heterocycles. The number of ether oxygens (including phenoxy) is 2. The van der Waals surface area contributed by atoms with Gasteiger partial charge in [-0.25, -0.2) is 23.9 Å². The molecule has 1 atom stereocenters. The number of halogens is 1. The van der Waals surface area contributed by atoms with Crippen LogP contribution in [0.4, 0.5) is 10.1 Å². The highest BCUT2D eigenvalue weighted by molar-refractivity contribution is 5.95. The Morgan fingerprint density at radius 2 is 1.97 bits per heavy atom. The van der Waals surface area contributed by atoms with Gasteiger partial charge in [0.2, 0.25) is 0 Å². The maximum Gasteiger partial charge on any atom is 0.350 e. The molecule has 2 aromatic heterocycles. The van der Waals surface area contributed by atoms with Crippen molar-refractivity contribution in [2.45, 2.75) is 6.04 Å². The second kappa shape index (κ2) is 10.6. The average molecular weight is 508 g/mol. The van der Waals surface area contributed by atoms with Gasteiger partial charge in [-0.3, -0.25) is 10.4 Å². The highest BCUT2D eigenvalue weighted by Gasteiger charge is 2.27. The van der Waals surface area contributed by atoms with E-state index in [4.69, 9.17) is 25.7 Å². The van der Waals surface area contributed by atoms with Crippen LogP contribution < -0.4 is 26.2 Å². The van der Waals surface area contributed by atoms with Gasteiger partial charge in [0.15, 0.2) is 24.0 Å². The minimum atomic E-state index is -1.30. The lowest BCUT2D eigenvalue weighted by Crippen LogP contribution is -2.18. The lowest BCUT2D eigenvalue weighted by Gasteiger charge is -2.21. The predicted octanol–water partition coefficient (Wildman–Crippen LogP) is 1.45. The fourth-order valence-electron chi connectivity index (χ4n) is 3.38. The van der Waals surface area contributed by atoms with Gasteiger partial charge < -0.3 is 25.6 Å². The lowest BCUT2D eigenvalue weighted by molar-refractivity contribution is -0.139. The molecule has 0 aliphatic carbocycles. The first-order chi connectivity index (χ1) is 17.8. The van der Waals surface area contributed by atoms with Crippen LogP contribution in [-0.4, -0.2) is 55.4 Å². The van der Waals surface area contributed by atoms with Crippen LogP contribution in [-0.2, 0) is 4.79 Å². The highest BCUT2D eigenvalue weighted by atomic mass is 19.1. The second-order valence-corrected chi connectivity index (χ2v) is 7.56. The van der Waals surface area contributed by atoms with Crippen molar-refractivity contribution in [1.82, 2.24) is 24.7 Å². The summed E-state index contributed by atoms with van der Waals surface area (Å²) in [6, 6.07) is 9.41. The van der Waals surface area contributed by atoms with Crippen molar-refractivity contribution in [2.24, 2.45) is 5.73 Å². The molecule has 6 N–H and O–H groups in total. The molecule has 0 bridgehead atoms. The molecule has 0 fully saturated rings. The molecule has 4 rings (SSSR count). The van der Waals surface area contributed by atoms with Crippen molar-refractivity contribution in [3.8, 4) is 17.4 Å². The Labute approximate surface area is 208 Å². The molecule has 0 unspecified atom stereocenters. The van der Waals surface area contributed by atoms with Crippen LogP contribution >= 0.6 is 0 Å². The number of carboxylic acid groups (broad SMARTS) is 1. The third-order valence-electron chi connectivity index (χ3n) is 5.10. The van der Waals surface area contributed by atoms with Gasteiger partial charge in [-0.05, 0) is 36.4 Å². The largest absolute Gasteiger partial charge is 0.497 e. The van der Waals surface area contributed by atoms with E-state index in [1.165, 1.54) is 31.6 Å². The van der Waals surface area contributed by atoms with E-state index in [0.29, 0.717) is 11.3 Å². The standard InChI is InChI=1S/C23H21FN8O5/c1-36-14-9-15(18(24)16(10-14)37-11-17(33)34)19(29-13-5-3-12(4-6-13)20(25)26)21-30-23(35)32(31-21)22-27-7-2-8-28-22/h2-10,19,29H,11H2,1H3,(H3,25,26)(H,33,34)(H,30,31,35)/t19-/m0/s1. The Morgan fingerprint density at radius 1 is 1.27 bits per heavy atom. The number of aliphatic carboxylic acids is 1. The molecular weight excluding hydrogens is 487 g/mol. The van der Waals surface area contributed by atoms with Crippen LogP contribution in [0.1, 0.15) is 23.0 Å². The van der Waals surface area contributed by atoms with Crippen LogP contribution in [0.15, 0.2) is 59.7 Å². The summed E-state index contributed by atoms with van der Waals surface area (Å²) < 4.78 is 27.0. The molecule has 2 aromatic carbocycles. The molecule has 4 aromatic rings. The van der Waals surface area contributed by atoms with Crippen LogP contribution in [0.2, 0.25) is 0 Å². The fraction of sp³-hybridized carbons (Fsp3) is 0.130. The number of hydrogen-bond acceptors (Lipinski definition) is 9. The first-order valence-electron chi connectivity index (χ1n) is 10.7. The van der Waals surface area contributed by atoms with Crippen LogP contribution in [0.3, 0.4) is 0 Å². The maximum atomic E-state index is 15.7. The number of nitrogen functional groups attached to an aromatic ring is 1. The van der Waals surface area contributed by atoms with E-state index < -0.39 is 30.1 Å². The number of carbonyl (C=O) groups is 1. The van der Waals surface area contributed by atoms with Gasteiger partial charge in [0.25, 0.3) is 5.95 Å². The molecule has 0 radical (unpaired) electrons. The first-order valence-corrected chi connectivity index (χ1v) is 10.7. The van der Waals surface area contributed by atoms with Crippen LogP contribution in [0.25, 0.3) is 5.95 Å². The predicted molar refractivity (Wildman–Crippen MR) is 129 cm³/mol. The van der Waals surface area contributed by atoms with Gasteiger partial charge >= 0.3 is 11.7 Å². The Kier molecular flexibility index (Phi) is 7.09. The van der Waals surface area contributed by atoms with E-state index in [2.05, 4.69) is 25.4 Å². The van der Waals surface area contributed by atoms with E-state index in [9.17, 15) is 9.59 Å². The van der Waals surface area contributed by atoms with Gasteiger partial charge in [0.1, 0.15) is 17.6 Å². The van der Waals surface area contributed by atoms with Crippen molar-refractivity contribution in [1.29, 1.82) is 5.41 Å². The van der Waals surface area contributed by atoms with Gasteiger partial charge in [0.05, 0.1) is 7.11 Å². The number of aromatic amines is 1. The molecule has 0 aliphatic rings. The molecule has 14 heteroatoms. The number of amidine groups is 1. The number of aromatic nitrogens is 5. The molecule has 190 valence electrons. The summed E-state index contributed by atoms with van der Waals surface area (Å²) in [7, 11) is 1.35. The topological polar surface area (TPSA) is 194 Å². The number of methoxy groups -OCH3 is 1. The molecule has 13 nitrogen and oxygen atoms in total. The van der Waals surface area contributed by atoms with E-state index in [-0.39, 0.29) is 34.7 Å². The number of hydrogen-bond donors (Lipinski definition) is 5. The number of benzene rings is 2. The molecule has 0 spiro atoms. The second-order valence-electron chi connectivity index (χ2n) is 7.56. The third-order valence-corrected chi connectivity index (χ3v) is 5.10. The number of anilines is 1. The molecule has 0 saturated carbocycles. The van der Waals surface area contributed by atoms with Gasteiger partial charge in [-0.15, -0.1) is 9.78 Å². The quantitative estimate of drug-likeness (QED) is 0.154. The number of nitrogens with one attached hydrogen (secondary N) is 3. The van der Waals surface area contributed by atoms with Gasteiger partial charge in [-0.2, -0.15) is 0 Å². The SMILES string of the molecule is COc1cc(OCC(=O)O)c(F)c([C@H](Nc2ccc(C(=N)N)cc2)c2nn(-c3ncccn3)c(=O)[nH]2)c1. The monoisotopic (exact) mass is 508 g/mol. The summed E-state index contributed by atoms with van der Waals surface area (Å²) in [5.41, 5.74) is 5.72. The van der Waals surface area contributed by atoms with E-state index in [1.807, 2.05) is 0 Å². The Hall–Kier alpha value is -5.27. The van der Waals surface area contributed by atoms with Crippen LogP contribution in [0.5, 0.6) is 11.5 Å². The molecular formula is C23H21FN8O5. The Bertz CT molecular complexity index is 1490. The van der Waals surface area contributed by atoms with Gasteiger partial charge in [0, 0.05) is 35.3 Å². The van der Waals surface area contributed by atoms with Crippen molar-refractivity contribution < 1.29 is 23.8 Å². The summed E-state index contributed by atoms with van der Waals surface area (Å²) in [4.78, 5) is 34.3. The number of nitrogens with two attached hydrogens (primary N) is 1. The zero-order chi connectivity index (χ0) is 26.5. The summed E-state index contributed by atoms with van der Waals surface area (Å²) in [6.45, 7) is -0.787. The zero-order valence-corrected chi connectivity index (χ0v) is 19.3. The number of carboxylic acids is 1. The minimum absolute atomic E-state index is 0.00356. The molecule has 2 heterocycles. The summed E-state index contributed by atoms with van der Waals surface area (Å²) in [6.07, 6.45) is 2.87. The van der Waals surface area contributed by atoms with E-state index in [0.717, 1.165) is 4.68 Å². The van der Waals surface area contributed by atoms with Gasteiger partial charge in [-0.1, -0.05) is 0 Å². The fourth-order valence-corrected chi connectivity index (χ4v) is 3.38. The smallest absolute Gasteiger partial charge is 0.350 e. The summed E-state index contributed by atoms with van der Waals surface area (Å²) >= 11 is 0. The Balaban J connectivity index is 1.84. The third kappa shape index (κ3) is 5.53. The maximum absolute atomic E-state index is 15.7. The van der Waals surface area contributed by atoms with E-state index in [1.54, 1.807) is 30.3 Å². The molecule has 0 amide bonds. The van der Waals surface area contributed by atoms with Crippen molar-refractivity contribution >= 4 is 17.5 Å². The van der Waals surface area contributed by atoms with E-state index >= 15 is 4.39 Å². The normalized spacial score (nSPS) is 11.5. The van der Waals surface area contributed by atoms with Crippen molar-refractivity contribution in [3.63, 3.8) is 0 Å². The lowest BCUT2D eigenvalue weighted by atomic mass is 10.0. The van der Waals surface area contributed by atoms with Crippen molar-refractivity contribution in [3.05, 3.63) is 88.1 Å². The minimum Gasteiger partial charge on any atom is -0.497 e. The summed E-state index contributed by atoms with van der Waals surface area (Å²) in [5, 5.41) is 23.9. The zero-order valence-electron chi connectivity index (χ0n) is 19.3. The average Bonchev–Trinajstić information content (AvgIpc) is 3.28. The number of H-pyrrole nitrogens is 1. The highest BCUT2D eigenvalue weighted by Crippen LogP contribution is 2.35. The number of nitrogens with zero attached hydrogens (tertiary/aromatic N) is 4. The Morgan fingerprint density at radius 3 is 2.59 bits per heavy atom. The number of rotatable bonds is 10. The van der Waals surface area contributed by atoms with Crippen molar-refractivity contribution in [2.75, 3.05) is 19.0 Å². The van der Waals surface area contributed by atoms with Crippen LogP contribution in [0, 0.1) is 11.2 Å².